The fourth-order valence-corrected chi connectivity index (χ4v) is 1.84. The lowest BCUT2D eigenvalue weighted by atomic mass is 10.1. The summed E-state index contributed by atoms with van der Waals surface area (Å²) < 4.78 is 0. The van der Waals surface area contributed by atoms with Gasteiger partial charge in [0, 0.05) is 12.2 Å². The van der Waals surface area contributed by atoms with Crippen LogP contribution in [0.1, 0.15) is 35.1 Å². The number of amides is 1. The van der Waals surface area contributed by atoms with Crippen molar-refractivity contribution in [3.63, 3.8) is 0 Å². The highest BCUT2D eigenvalue weighted by atomic mass is 16.1. The molecule has 0 saturated carbocycles. The van der Waals surface area contributed by atoms with Gasteiger partial charge < -0.3 is 10.6 Å². The quantitative estimate of drug-likeness (QED) is 0.750. The number of aromatic nitrogens is 3. The Morgan fingerprint density at radius 1 is 1.40 bits per heavy atom. The van der Waals surface area contributed by atoms with Crippen LogP contribution in [-0.4, -0.2) is 27.6 Å². The summed E-state index contributed by atoms with van der Waals surface area (Å²) in [4.78, 5) is 16.2. The smallest absolute Gasteiger partial charge is 0.253 e. The molecule has 1 heterocycles. The van der Waals surface area contributed by atoms with Crippen LogP contribution in [0.4, 0.5) is 5.69 Å². The van der Waals surface area contributed by atoms with Crippen molar-refractivity contribution in [2.24, 2.45) is 0 Å². The van der Waals surface area contributed by atoms with Crippen molar-refractivity contribution < 1.29 is 4.79 Å². The van der Waals surface area contributed by atoms with E-state index in [2.05, 4.69) is 32.7 Å². The maximum absolute atomic E-state index is 12.2. The molecule has 6 heteroatoms. The summed E-state index contributed by atoms with van der Waals surface area (Å²) in [7, 11) is 0. The lowest BCUT2D eigenvalue weighted by molar-refractivity contribution is 0.0950. The second kappa shape index (κ2) is 6.70. The fraction of sp³-hybridized carbons (Fsp3) is 0.357. The van der Waals surface area contributed by atoms with Crippen molar-refractivity contribution in [3.8, 4) is 0 Å². The van der Waals surface area contributed by atoms with Gasteiger partial charge in [-0.1, -0.05) is 13.0 Å². The minimum absolute atomic E-state index is 0.125. The van der Waals surface area contributed by atoms with Crippen LogP contribution in [0.25, 0.3) is 0 Å². The largest absolute Gasteiger partial charge is 0.384 e. The van der Waals surface area contributed by atoms with Crippen LogP contribution in [0, 0.1) is 6.92 Å². The van der Waals surface area contributed by atoms with Crippen LogP contribution in [0.2, 0.25) is 0 Å². The standard InChI is InChI=1S/C14H19N5O/c1-3-6-15-12-7-10(2)4-5-11(12)14(20)16-8-13-17-9-18-19-13/h4-5,7,9,15H,3,6,8H2,1-2H3,(H,16,20)(H,17,18,19). The number of aromatic amines is 1. The van der Waals surface area contributed by atoms with Gasteiger partial charge in [0.1, 0.15) is 12.2 Å². The first kappa shape index (κ1) is 14.0. The number of carbonyl (C=O) groups is 1. The van der Waals surface area contributed by atoms with Crippen LogP contribution in [0.5, 0.6) is 0 Å². The summed E-state index contributed by atoms with van der Waals surface area (Å²) >= 11 is 0. The van der Waals surface area contributed by atoms with E-state index in [9.17, 15) is 4.79 Å². The Hall–Kier alpha value is -2.37. The first-order valence-electron chi connectivity index (χ1n) is 6.67. The molecular weight excluding hydrogens is 254 g/mol. The van der Waals surface area contributed by atoms with E-state index in [0.29, 0.717) is 17.9 Å². The van der Waals surface area contributed by atoms with Crippen molar-refractivity contribution in [2.75, 3.05) is 11.9 Å². The molecule has 0 aliphatic heterocycles. The number of rotatable bonds is 6. The molecule has 0 aliphatic rings. The van der Waals surface area contributed by atoms with Gasteiger partial charge in [-0.25, -0.2) is 4.98 Å². The van der Waals surface area contributed by atoms with Gasteiger partial charge in [0.15, 0.2) is 0 Å². The lowest BCUT2D eigenvalue weighted by Crippen LogP contribution is -2.24. The molecule has 2 rings (SSSR count). The molecule has 0 unspecified atom stereocenters. The Kier molecular flexibility index (Phi) is 4.70. The molecule has 0 atom stereocenters. The number of nitrogens with one attached hydrogen (secondary N) is 3. The molecule has 1 aromatic heterocycles. The molecule has 0 radical (unpaired) electrons. The van der Waals surface area contributed by atoms with Crippen LogP contribution in [-0.2, 0) is 6.54 Å². The monoisotopic (exact) mass is 273 g/mol. The number of aryl methyl sites for hydroxylation is 1. The molecule has 1 aromatic carbocycles. The molecule has 1 amide bonds. The van der Waals surface area contributed by atoms with Crippen LogP contribution in [0.3, 0.4) is 0 Å². The summed E-state index contributed by atoms with van der Waals surface area (Å²) in [5.41, 5.74) is 2.63. The van der Waals surface area contributed by atoms with Gasteiger partial charge in [-0.15, -0.1) is 0 Å². The van der Waals surface area contributed by atoms with E-state index in [1.807, 2.05) is 25.1 Å². The van der Waals surface area contributed by atoms with Crippen LogP contribution < -0.4 is 10.6 Å². The van der Waals surface area contributed by atoms with E-state index < -0.39 is 0 Å². The minimum Gasteiger partial charge on any atom is -0.384 e. The molecule has 2 aromatic rings. The summed E-state index contributed by atoms with van der Waals surface area (Å²) in [5, 5.41) is 12.6. The molecular formula is C14H19N5O. The number of carbonyl (C=O) groups excluding carboxylic acids is 1. The van der Waals surface area contributed by atoms with Crippen molar-refractivity contribution in [3.05, 3.63) is 41.5 Å². The summed E-state index contributed by atoms with van der Waals surface area (Å²) in [6.45, 7) is 5.27. The third-order valence-corrected chi connectivity index (χ3v) is 2.87. The number of hydrogen-bond acceptors (Lipinski definition) is 4. The highest BCUT2D eigenvalue weighted by molar-refractivity contribution is 5.99. The van der Waals surface area contributed by atoms with Gasteiger partial charge >= 0.3 is 0 Å². The first-order valence-corrected chi connectivity index (χ1v) is 6.67. The number of nitrogens with zero attached hydrogens (tertiary/aromatic N) is 2. The molecule has 20 heavy (non-hydrogen) atoms. The topological polar surface area (TPSA) is 82.7 Å². The summed E-state index contributed by atoms with van der Waals surface area (Å²) in [6, 6.07) is 5.75. The van der Waals surface area contributed by atoms with Gasteiger partial charge in [0.05, 0.1) is 12.1 Å². The van der Waals surface area contributed by atoms with E-state index in [4.69, 9.17) is 0 Å². The predicted molar refractivity (Wildman–Crippen MR) is 77.5 cm³/mol. The second-order valence-corrected chi connectivity index (χ2v) is 4.59. The number of benzene rings is 1. The van der Waals surface area contributed by atoms with E-state index in [1.165, 1.54) is 6.33 Å². The average molecular weight is 273 g/mol. The van der Waals surface area contributed by atoms with Gasteiger partial charge in [-0.3, -0.25) is 9.89 Å². The molecule has 0 bridgehead atoms. The molecule has 6 nitrogen and oxygen atoms in total. The van der Waals surface area contributed by atoms with Gasteiger partial charge in [0.2, 0.25) is 0 Å². The summed E-state index contributed by atoms with van der Waals surface area (Å²) in [6.07, 6.45) is 2.43. The zero-order valence-electron chi connectivity index (χ0n) is 11.7. The molecule has 0 fully saturated rings. The van der Waals surface area contributed by atoms with Crippen molar-refractivity contribution in [2.45, 2.75) is 26.8 Å². The van der Waals surface area contributed by atoms with E-state index in [0.717, 1.165) is 24.2 Å². The van der Waals surface area contributed by atoms with E-state index in [-0.39, 0.29) is 5.91 Å². The van der Waals surface area contributed by atoms with E-state index >= 15 is 0 Å². The highest BCUT2D eigenvalue weighted by Crippen LogP contribution is 2.17. The molecule has 3 N–H and O–H groups in total. The number of hydrogen-bond donors (Lipinski definition) is 3. The van der Waals surface area contributed by atoms with Crippen LogP contribution in [0.15, 0.2) is 24.5 Å². The maximum atomic E-state index is 12.2. The van der Waals surface area contributed by atoms with Crippen LogP contribution >= 0.6 is 0 Å². The Morgan fingerprint density at radius 3 is 2.95 bits per heavy atom. The highest BCUT2D eigenvalue weighted by Gasteiger charge is 2.11. The Bertz CT molecular complexity index is 565. The second-order valence-electron chi connectivity index (χ2n) is 4.59. The fourth-order valence-electron chi connectivity index (χ4n) is 1.84. The van der Waals surface area contributed by atoms with Gasteiger partial charge in [-0.2, -0.15) is 5.10 Å². The first-order chi connectivity index (χ1) is 9.70. The average Bonchev–Trinajstić information content (AvgIpc) is 2.96. The summed E-state index contributed by atoms with van der Waals surface area (Å²) in [5.74, 6) is 0.508. The number of anilines is 1. The maximum Gasteiger partial charge on any atom is 0.253 e. The minimum atomic E-state index is -0.125. The van der Waals surface area contributed by atoms with Crippen molar-refractivity contribution >= 4 is 11.6 Å². The van der Waals surface area contributed by atoms with Crippen molar-refractivity contribution in [1.29, 1.82) is 0 Å². The molecule has 106 valence electrons. The predicted octanol–water partition coefficient (Wildman–Crippen LogP) is 1.87. The zero-order chi connectivity index (χ0) is 14.4. The third kappa shape index (κ3) is 3.57. The zero-order valence-corrected chi connectivity index (χ0v) is 11.7. The Labute approximate surface area is 118 Å². The normalized spacial score (nSPS) is 10.3. The SMILES string of the molecule is CCCNc1cc(C)ccc1C(=O)NCc1ncn[nH]1. The lowest BCUT2D eigenvalue weighted by Gasteiger charge is -2.12. The molecule has 0 spiro atoms. The van der Waals surface area contributed by atoms with Crippen molar-refractivity contribution in [1.82, 2.24) is 20.5 Å². The molecule has 0 saturated heterocycles. The Morgan fingerprint density at radius 2 is 2.25 bits per heavy atom. The van der Waals surface area contributed by atoms with Gasteiger partial charge in [-0.05, 0) is 31.0 Å². The third-order valence-electron chi connectivity index (χ3n) is 2.87. The number of H-pyrrole nitrogens is 1. The van der Waals surface area contributed by atoms with Gasteiger partial charge in [0.25, 0.3) is 5.91 Å². The van der Waals surface area contributed by atoms with E-state index in [1.54, 1.807) is 0 Å². The molecule has 0 aliphatic carbocycles. The Balaban J connectivity index is 2.07.